The third kappa shape index (κ3) is 4.97. The van der Waals surface area contributed by atoms with Crippen LogP contribution in [0.15, 0.2) is 42.5 Å². The molecule has 1 saturated carbocycles. The highest BCUT2D eigenvalue weighted by atomic mass is 16.6. The van der Waals surface area contributed by atoms with Crippen molar-refractivity contribution in [2.75, 3.05) is 5.32 Å². The van der Waals surface area contributed by atoms with Crippen molar-refractivity contribution in [3.63, 3.8) is 0 Å². The number of rotatable bonds is 6. The molecule has 0 bridgehead atoms. The van der Waals surface area contributed by atoms with Gasteiger partial charge in [-0.2, -0.15) is 0 Å². The topological polar surface area (TPSA) is 38.3 Å². The fourth-order valence-corrected chi connectivity index (χ4v) is 3.87. The summed E-state index contributed by atoms with van der Waals surface area (Å²) in [6, 6.07) is 14.0. The normalized spacial score (nSPS) is 16.5. The fourth-order valence-electron chi connectivity index (χ4n) is 3.87. The van der Waals surface area contributed by atoms with Crippen LogP contribution in [0.4, 0.5) is 10.5 Å². The van der Waals surface area contributed by atoms with Crippen LogP contribution in [0.25, 0.3) is 10.8 Å². The highest BCUT2D eigenvalue weighted by Crippen LogP contribution is 2.29. The Bertz CT molecular complexity index is 686. The third-order valence-electron chi connectivity index (χ3n) is 5.38. The number of anilines is 1. The number of ether oxygens (including phenoxy) is 1. The van der Waals surface area contributed by atoms with E-state index >= 15 is 0 Å². The molecule has 0 unspecified atom stereocenters. The zero-order valence-corrected chi connectivity index (χ0v) is 15.2. The molecule has 2 aromatic carbocycles. The van der Waals surface area contributed by atoms with E-state index in [1.807, 2.05) is 42.5 Å². The number of hydrogen-bond donors (Lipinski definition) is 1. The molecular formula is C22H29NO2. The first-order chi connectivity index (χ1) is 12.3. The van der Waals surface area contributed by atoms with E-state index in [1.165, 1.54) is 38.5 Å². The molecule has 1 aliphatic carbocycles. The van der Waals surface area contributed by atoms with Crippen LogP contribution in [0.5, 0.6) is 0 Å². The minimum atomic E-state index is -0.341. The Hall–Kier alpha value is -2.03. The molecular weight excluding hydrogens is 310 g/mol. The van der Waals surface area contributed by atoms with Crippen LogP contribution in [-0.2, 0) is 4.74 Å². The van der Waals surface area contributed by atoms with E-state index in [1.54, 1.807) is 0 Å². The standard InChI is InChI=1S/C22H29NO2/c1-2-19(16-15-17-9-4-3-5-10-17)25-22(24)23-21-14-8-12-18-11-6-7-13-20(18)21/h6-8,11-14,17,19H,2-5,9-10,15-16H2,1H3,(H,23,24)/t19-/m0/s1. The molecule has 0 spiro atoms. The van der Waals surface area contributed by atoms with Gasteiger partial charge in [0.15, 0.2) is 0 Å². The first-order valence-electron chi connectivity index (χ1n) is 9.71. The van der Waals surface area contributed by atoms with E-state index in [0.29, 0.717) is 0 Å². The van der Waals surface area contributed by atoms with Gasteiger partial charge in [0, 0.05) is 5.39 Å². The van der Waals surface area contributed by atoms with Gasteiger partial charge in [0.25, 0.3) is 0 Å². The van der Waals surface area contributed by atoms with Crippen molar-refractivity contribution in [2.24, 2.45) is 5.92 Å². The van der Waals surface area contributed by atoms with Crippen LogP contribution in [0.2, 0.25) is 0 Å². The Balaban J connectivity index is 1.54. The van der Waals surface area contributed by atoms with Gasteiger partial charge in [-0.3, -0.25) is 5.32 Å². The second kappa shape index (κ2) is 8.89. The maximum absolute atomic E-state index is 12.3. The van der Waals surface area contributed by atoms with Crippen LogP contribution in [0.3, 0.4) is 0 Å². The molecule has 0 aromatic heterocycles. The minimum Gasteiger partial charge on any atom is -0.446 e. The Morgan fingerprint density at radius 2 is 1.88 bits per heavy atom. The summed E-state index contributed by atoms with van der Waals surface area (Å²) in [5, 5.41) is 5.08. The van der Waals surface area contributed by atoms with Crippen LogP contribution in [-0.4, -0.2) is 12.2 Å². The maximum atomic E-state index is 12.3. The highest BCUT2D eigenvalue weighted by molar-refractivity contribution is 6.00. The largest absolute Gasteiger partial charge is 0.446 e. The molecule has 2 aromatic rings. The second-order valence-electron chi connectivity index (χ2n) is 7.17. The van der Waals surface area contributed by atoms with Crippen LogP contribution in [0, 0.1) is 5.92 Å². The van der Waals surface area contributed by atoms with E-state index in [9.17, 15) is 4.79 Å². The fraction of sp³-hybridized carbons (Fsp3) is 0.500. The van der Waals surface area contributed by atoms with Gasteiger partial charge >= 0.3 is 6.09 Å². The first kappa shape index (κ1) is 17.8. The molecule has 3 heteroatoms. The van der Waals surface area contributed by atoms with E-state index < -0.39 is 0 Å². The molecule has 25 heavy (non-hydrogen) atoms. The molecule has 1 fully saturated rings. The summed E-state index contributed by atoms with van der Waals surface area (Å²) in [6.45, 7) is 2.09. The minimum absolute atomic E-state index is 0.0110. The van der Waals surface area contributed by atoms with Crippen molar-refractivity contribution >= 4 is 22.6 Å². The van der Waals surface area contributed by atoms with Gasteiger partial charge in [-0.05, 0) is 36.6 Å². The Morgan fingerprint density at radius 3 is 2.68 bits per heavy atom. The van der Waals surface area contributed by atoms with Crippen LogP contribution >= 0.6 is 0 Å². The quantitative estimate of drug-likeness (QED) is 0.650. The summed E-state index contributed by atoms with van der Waals surface area (Å²) in [5.74, 6) is 0.826. The van der Waals surface area contributed by atoms with E-state index in [4.69, 9.17) is 4.74 Å². The summed E-state index contributed by atoms with van der Waals surface area (Å²) in [4.78, 5) is 12.3. The highest BCUT2D eigenvalue weighted by Gasteiger charge is 2.18. The maximum Gasteiger partial charge on any atom is 0.411 e. The van der Waals surface area contributed by atoms with Gasteiger partial charge < -0.3 is 4.74 Å². The Labute approximate surface area is 150 Å². The van der Waals surface area contributed by atoms with Gasteiger partial charge in [-0.15, -0.1) is 0 Å². The van der Waals surface area contributed by atoms with Gasteiger partial charge in [-0.1, -0.05) is 75.4 Å². The molecule has 1 N–H and O–H groups in total. The summed E-state index contributed by atoms with van der Waals surface area (Å²) >= 11 is 0. The second-order valence-corrected chi connectivity index (χ2v) is 7.17. The Kier molecular flexibility index (Phi) is 6.32. The average molecular weight is 339 g/mol. The number of hydrogen-bond acceptors (Lipinski definition) is 2. The van der Waals surface area contributed by atoms with Crippen molar-refractivity contribution < 1.29 is 9.53 Å². The lowest BCUT2D eigenvalue weighted by Crippen LogP contribution is -2.23. The first-order valence-corrected chi connectivity index (χ1v) is 9.71. The summed E-state index contributed by atoms with van der Waals surface area (Å²) in [7, 11) is 0. The lowest BCUT2D eigenvalue weighted by Gasteiger charge is -2.24. The zero-order valence-electron chi connectivity index (χ0n) is 15.2. The molecule has 0 heterocycles. The average Bonchev–Trinajstić information content (AvgIpc) is 2.66. The van der Waals surface area contributed by atoms with E-state index in [-0.39, 0.29) is 12.2 Å². The molecule has 3 nitrogen and oxygen atoms in total. The van der Waals surface area contributed by atoms with Gasteiger partial charge in [0.05, 0.1) is 5.69 Å². The summed E-state index contributed by atoms with van der Waals surface area (Å²) in [6.07, 6.45) is 9.51. The van der Waals surface area contributed by atoms with Crippen LogP contribution < -0.4 is 5.32 Å². The lowest BCUT2D eigenvalue weighted by atomic mass is 9.85. The predicted molar refractivity (Wildman–Crippen MR) is 104 cm³/mol. The molecule has 1 atom stereocenters. The van der Waals surface area contributed by atoms with Crippen molar-refractivity contribution in [1.82, 2.24) is 0 Å². The lowest BCUT2D eigenvalue weighted by molar-refractivity contribution is 0.0963. The van der Waals surface area contributed by atoms with Crippen molar-refractivity contribution in [3.8, 4) is 0 Å². The smallest absolute Gasteiger partial charge is 0.411 e. The number of amides is 1. The van der Waals surface area contributed by atoms with E-state index in [0.717, 1.165) is 35.2 Å². The van der Waals surface area contributed by atoms with Crippen molar-refractivity contribution in [2.45, 2.75) is 64.4 Å². The molecule has 134 valence electrons. The van der Waals surface area contributed by atoms with E-state index in [2.05, 4.69) is 12.2 Å². The van der Waals surface area contributed by atoms with Crippen molar-refractivity contribution in [1.29, 1.82) is 0 Å². The molecule has 1 aliphatic rings. The molecule has 0 saturated heterocycles. The predicted octanol–water partition coefficient (Wildman–Crippen LogP) is 6.53. The van der Waals surface area contributed by atoms with Gasteiger partial charge in [0.1, 0.15) is 6.10 Å². The monoisotopic (exact) mass is 339 g/mol. The zero-order chi connectivity index (χ0) is 17.5. The summed E-state index contributed by atoms with van der Waals surface area (Å²) in [5.41, 5.74) is 0.810. The van der Waals surface area contributed by atoms with Gasteiger partial charge in [-0.25, -0.2) is 4.79 Å². The van der Waals surface area contributed by atoms with Crippen molar-refractivity contribution in [3.05, 3.63) is 42.5 Å². The van der Waals surface area contributed by atoms with Gasteiger partial charge in [0.2, 0.25) is 0 Å². The third-order valence-corrected chi connectivity index (χ3v) is 5.38. The number of carbonyl (C=O) groups excluding carboxylic acids is 1. The number of carbonyl (C=O) groups is 1. The number of nitrogens with one attached hydrogen (secondary N) is 1. The SMILES string of the molecule is CC[C@@H](CCC1CCCCC1)OC(=O)Nc1cccc2ccccc12. The molecule has 0 radical (unpaired) electrons. The molecule has 1 amide bonds. The summed E-state index contributed by atoms with van der Waals surface area (Å²) < 4.78 is 5.69. The molecule has 3 rings (SSSR count). The number of fused-ring (bicyclic) bond motifs is 1. The van der Waals surface area contributed by atoms with Crippen LogP contribution in [0.1, 0.15) is 58.3 Å². The molecule has 0 aliphatic heterocycles. The Morgan fingerprint density at radius 1 is 1.12 bits per heavy atom. The number of benzene rings is 2.